The van der Waals surface area contributed by atoms with Crippen LogP contribution in [-0.2, 0) is 10.2 Å². The number of benzene rings is 2. The molecule has 1 aromatic heterocycles. The summed E-state index contributed by atoms with van der Waals surface area (Å²) in [5.41, 5.74) is 5.06. The van der Waals surface area contributed by atoms with Crippen molar-refractivity contribution in [3.05, 3.63) is 83.7 Å². The molecule has 38 heavy (non-hydrogen) atoms. The van der Waals surface area contributed by atoms with Gasteiger partial charge in [0, 0.05) is 35.6 Å². The van der Waals surface area contributed by atoms with Crippen LogP contribution in [0.1, 0.15) is 93.8 Å². The number of nitrogens with one attached hydrogen (secondary N) is 1. The van der Waals surface area contributed by atoms with E-state index >= 15 is 0 Å². The van der Waals surface area contributed by atoms with Crippen molar-refractivity contribution in [2.45, 2.75) is 77.7 Å². The van der Waals surface area contributed by atoms with Crippen LogP contribution in [0.15, 0.2) is 67.0 Å². The van der Waals surface area contributed by atoms with E-state index in [1.165, 1.54) is 18.4 Å². The van der Waals surface area contributed by atoms with Crippen LogP contribution in [-0.4, -0.2) is 28.5 Å². The SMILES string of the molecule is CCCCCCC(Oc1ccc(C(=O)NCCC(=O)O)cc1)c1cncc(-c2ccc(C(C)(C)C)cc2)c1. The zero-order valence-electron chi connectivity index (χ0n) is 23.0. The quantitative estimate of drug-likeness (QED) is 0.232. The fraction of sp³-hybridized carbons (Fsp3) is 0.406. The molecule has 0 fully saturated rings. The molecular weight excluding hydrogens is 476 g/mol. The molecule has 1 heterocycles. The number of rotatable bonds is 13. The molecule has 0 aliphatic rings. The molecule has 2 N–H and O–H groups in total. The van der Waals surface area contributed by atoms with Gasteiger partial charge in [0.05, 0.1) is 6.42 Å². The number of pyridine rings is 1. The molecule has 0 saturated carbocycles. The first-order chi connectivity index (χ1) is 18.2. The van der Waals surface area contributed by atoms with E-state index in [2.05, 4.69) is 68.3 Å². The number of aromatic nitrogens is 1. The normalized spacial score (nSPS) is 12.1. The first kappa shape index (κ1) is 28.9. The molecule has 1 unspecified atom stereocenters. The fourth-order valence-electron chi connectivity index (χ4n) is 4.24. The zero-order chi connectivity index (χ0) is 27.5. The molecule has 6 heteroatoms. The maximum atomic E-state index is 12.3. The number of carbonyl (C=O) groups excluding carboxylic acids is 1. The van der Waals surface area contributed by atoms with E-state index in [9.17, 15) is 9.59 Å². The molecular formula is C32H40N2O4. The largest absolute Gasteiger partial charge is 0.486 e. The van der Waals surface area contributed by atoms with Crippen molar-refractivity contribution in [1.29, 1.82) is 0 Å². The lowest BCUT2D eigenvalue weighted by atomic mass is 9.86. The third kappa shape index (κ3) is 8.72. The predicted octanol–water partition coefficient (Wildman–Crippen LogP) is 7.34. The van der Waals surface area contributed by atoms with Crippen molar-refractivity contribution in [1.82, 2.24) is 10.3 Å². The topological polar surface area (TPSA) is 88.5 Å². The lowest BCUT2D eigenvalue weighted by Crippen LogP contribution is -2.25. The second-order valence-corrected chi connectivity index (χ2v) is 10.7. The van der Waals surface area contributed by atoms with Crippen LogP contribution < -0.4 is 10.1 Å². The molecule has 0 spiro atoms. The highest BCUT2D eigenvalue weighted by atomic mass is 16.5. The molecule has 3 rings (SSSR count). The minimum Gasteiger partial charge on any atom is -0.486 e. The lowest BCUT2D eigenvalue weighted by molar-refractivity contribution is -0.136. The van der Waals surface area contributed by atoms with Crippen LogP contribution in [0.5, 0.6) is 5.75 Å². The second kappa shape index (κ2) is 13.8. The van der Waals surface area contributed by atoms with E-state index < -0.39 is 5.97 Å². The molecule has 0 aliphatic carbocycles. The number of ether oxygens (including phenoxy) is 1. The van der Waals surface area contributed by atoms with E-state index in [-0.39, 0.29) is 30.4 Å². The van der Waals surface area contributed by atoms with Gasteiger partial charge in [-0.25, -0.2) is 0 Å². The molecule has 3 aromatic rings. The van der Waals surface area contributed by atoms with Crippen molar-refractivity contribution < 1.29 is 19.4 Å². The number of hydrogen-bond donors (Lipinski definition) is 2. The van der Waals surface area contributed by atoms with Gasteiger partial charge in [-0.3, -0.25) is 14.6 Å². The standard InChI is InChI=1S/C32H40N2O4/c1-5-6-7-8-9-29(38-28-16-12-24(13-17-28)31(37)34-19-18-30(35)36)26-20-25(21-33-22-26)23-10-14-27(15-11-23)32(2,3)4/h10-17,20-22,29H,5-9,18-19H2,1-4H3,(H,34,37)(H,35,36). The molecule has 0 bridgehead atoms. The van der Waals surface area contributed by atoms with Crippen molar-refractivity contribution in [2.75, 3.05) is 6.54 Å². The van der Waals surface area contributed by atoms with Gasteiger partial charge >= 0.3 is 5.97 Å². The summed E-state index contributed by atoms with van der Waals surface area (Å²) in [5, 5.41) is 11.4. The van der Waals surface area contributed by atoms with E-state index in [4.69, 9.17) is 9.84 Å². The summed E-state index contributed by atoms with van der Waals surface area (Å²) in [6.07, 6.45) is 8.92. The van der Waals surface area contributed by atoms with Gasteiger partial charge in [0.2, 0.25) is 0 Å². The molecule has 1 atom stereocenters. The molecule has 0 aliphatic heterocycles. The monoisotopic (exact) mass is 516 g/mol. The van der Waals surface area contributed by atoms with Gasteiger partial charge in [0.15, 0.2) is 0 Å². The van der Waals surface area contributed by atoms with Crippen LogP contribution in [0.4, 0.5) is 0 Å². The first-order valence-electron chi connectivity index (χ1n) is 13.5. The Bertz CT molecular complexity index is 1180. The number of nitrogens with zero attached hydrogens (tertiary/aromatic N) is 1. The van der Waals surface area contributed by atoms with Gasteiger partial charge in [-0.15, -0.1) is 0 Å². The first-order valence-corrected chi connectivity index (χ1v) is 13.5. The summed E-state index contributed by atoms with van der Waals surface area (Å²) >= 11 is 0. The van der Waals surface area contributed by atoms with Crippen molar-refractivity contribution in [3.8, 4) is 16.9 Å². The van der Waals surface area contributed by atoms with Crippen molar-refractivity contribution in [3.63, 3.8) is 0 Å². The Morgan fingerprint density at radius 3 is 2.29 bits per heavy atom. The Hall–Kier alpha value is -3.67. The average molecular weight is 517 g/mol. The maximum Gasteiger partial charge on any atom is 0.305 e. The highest BCUT2D eigenvalue weighted by Crippen LogP contribution is 2.31. The maximum absolute atomic E-state index is 12.3. The van der Waals surface area contributed by atoms with Gasteiger partial charge in [-0.2, -0.15) is 0 Å². The van der Waals surface area contributed by atoms with Crippen LogP contribution >= 0.6 is 0 Å². The summed E-state index contributed by atoms with van der Waals surface area (Å²) in [6, 6.07) is 17.8. The molecule has 0 saturated heterocycles. The number of carboxylic acids is 1. The number of unbranched alkanes of at least 4 members (excludes halogenated alkanes) is 3. The Kier molecular flexibility index (Phi) is 10.5. The summed E-state index contributed by atoms with van der Waals surface area (Å²) < 4.78 is 6.43. The Morgan fingerprint density at radius 1 is 0.947 bits per heavy atom. The van der Waals surface area contributed by atoms with Crippen LogP contribution in [0.2, 0.25) is 0 Å². The van der Waals surface area contributed by atoms with Gasteiger partial charge in [-0.05, 0) is 59.7 Å². The van der Waals surface area contributed by atoms with E-state index in [1.807, 2.05) is 12.4 Å². The Labute approximate surface area is 226 Å². The van der Waals surface area contributed by atoms with Crippen LogP contribution in [0.25, 0.3) is 11.1 Å². The number of hydrogen-bond acceptors (Lipinski definition) is 4. The summed E-state index contributed by atoms with van der Waals surface area (Å²) in [6.45, 7) is 8.93. The summed E-state index contributed by atoms with van der Waals surface area (Å²) in [4.78, 5) is 27.5. The number of carboxylic acid groups (broad SMARTS) is 1. The minimum absolute atomic E-state index is 0.0918. The van der Waals surface area contributed by atoms with E-state index in [1.54, 1.807) is 24.3 Å². The summed E-state index contributed by atoms with van der Waals surface area (Å²) in [7, 11) is 0. The van der Waals surface area contributed by atoms with Crippen LogP contribution in [0.3, 0.4) is 0 Å². The second-order valence-electron chi connectivity index (χ2n) is 10.7. The predicted molar refractivity (Wildman–Crippen MR) is 152 cm³/mol. The minimum atomic E-state index is -0.945. The third-order valence-electron chi connectivity index (χ3n) is 6.55. The number of aliphatic carboxylic acids is 1. The third-order valence-corrected chi connectivity index (χ3v) is 6.55. The van der Waals surface area contributed by atoms with Crippen molar-refractivity contribution >= 4 is 11.9 Å². The highest BCUT2D eigenvalue weighted by Gasteiger charge is 2.17. The molecule has 1 amide bonds. The van der Waals surface area contributed by atoms with E-state index in [0.717, 1.165) is 36.0 Å². The number of carbonyl (C=O) groups is 2. The van der Waals surface area contributed by atoms with Crippen molar-refractivity contribution in [2.24, 2.45) is 0 Å². The zero-order valence-corrected chi connectivity index (χ0v) is 23.0. The smallest absolute Gasteiger partial charge is 0.305 e. The van der Waals surface area contributed by atoms with Gasteiger partial charge in [0.1, 0.15) is 11.9 Å². The average Bonchev–Trinajstić information content (AvgIpc) is 2.90. The molecule has 2 aromatic carbocycles. The van der Waals surface area contributed by atoms with Gasteiger partial charge in [0.25, 0.3) is 5.91 Å². The highest BCUT2D eigenvalue weighted by molar-refractivity contribution is 5.94. The van der Waals surface area contributed by atoms with E-state index in [0.29, 0.717) is 11.3 Å². The van der Waals surface area contributed by atoms with Crippen LogP contribution in [0, 0.1) is 0 Å². The number of amides is 1. The molecule has 0 radical (unpaired) electrons. The Morgan fingerprint density at radius 2 is 1.66 bits per heavy atom. The molecule has 6 nitrogen and oxygen atoms in total. The van der Waals surface area contributed by atoms with Gasteiger partial charge < -0.3 is 15.2 Å². The van der Waals surface area contributed by atoms with Gasteiger partial charge in [-0.1, -0.05) is 71.2 Å². The molecule has 202 valence electrons. The summed E-state index contributed by atoms with van der Waals surface area (Å²) in [5.74, 6) is -0.574. The fourth-order valence-corrected chi connectivity index (χ4v) is 4.24. The Balaban J connectivity index is 1.76. The lowest BCUT2D eigenvalue weighted by Gasteiger charge is -2.21.